The van der Waals surface area contributed by atoms with E-state index >= 15 is 0 Å². The van der Waals surface area contributed by atoms with Crippen LogP contribution >= 0.6 is 0 Å². The van der Waals surface area contributed by atoms with Crippen LogP contribution in [-0.2, 0) is 0 Å². The summed E-state index contributed by atoms with van der Waals surface area (Å²) in [4.78, 5) is 41.5. The lowest BCUT2D eigenvalue weighted by Gasteiger charge is -2.07. The quantitative estimate of drug-likeness (QED) is 0.136. The van der Waals surface area contributed by atoms with E-state index in [0.717, 1.165) is 78.0 Å². The zero-order valence-electron chi connectivity index (χ0n) is 28.6. The summed E-state index contributed by atoms with van der Waals surface area (Å²) in [5, 5.41) is 19.3. The normalized spacial score (nSPS) is 11.9. The zero-order valence-corrected chi connectivity index (χ0v) is 28.6. The van der Waals surface area contributed by atoms with E-state index < -0.39 is 11.9 Å². The molecule has 5 heterocycles. The Morgan fingerprint density at radius 2 is 0.648 bits per heavy atom. The third-order valence-electron chi connectivity index (χ3n) is 9.72. The SMILES string of the molecule is O=C(O)c1ccc(-c2c3nc(c(-c4ccc(C(=O)O)cc4)c4ccc([nH]4)c(-c4ccccc4)c4nc(c(-c5ccccc5)c5ccc2[nH]5)C=C4)C=C3)cc1. The molecule has 0 saturated carbocycles. The summed E-state index contributed by atoms with van der Waals surface area (Å²) >= 11 is 0. The average Bonchev–Trinajstić information content (AvgIpc) is 4.04. The molecule has 4 aromatic carbocycles. The van der Waals surface area contributed by atoms with Crippen molar-refractivity contribution in [2.45, 2.75) is 0 Å². The highest BCUT2D eigenvalue weighted by molar-refractivity contribution is 6.00. The van der Waals surface area contributed by atoms with Crippen molar-refractivity contribution in [2.24, 2.45) is 0 Å². The molecule has 0 radical (unpaired) electrons. The highest BCUT2D eigenvalue weighted by Crippen LogP contribution is 2.38. The maximum Gasteiger partial charge on any atom is 0.335 e. The maximum atomic E-state index is 11.8. The topological polar surface area (TPSA) is 132 Å². The molecule has 8 bridgehead atoms. The summed E-state index contributed by atoms with van der Waals surface area (Å²) in [6.07, 6.45) is 8.00. The zero-order chi connectivity index (χ0) is 36.8. The summed E-state index contributed by atoms with van der Waals surface area (Å²) < 4.78 is 0. The van der Waals surface area contributed by atoms with Crippen LogP contribution in [0.1, 0.15) is 43.5 Å². The molecule has 258 valence electrons. The Kier molecular flexibility index (Phi) is 7.90. The molecule has 2 aliphatic heterocycles. The Morgan fingerprint density at radius 3 is 0.926 bits per heavy atom. The first-order valence-corrected chi connectivity index (χ1v) is 17.4. The Hall–Kier alpha value is -7.58. The number of fused-ring (bicyclic) bond motifs is 8. The largest absolute Gasteiger partial charge is 0.478 e. The van der Waals surface area contributed by atoms with Crippen LogP contribution in [0.25, 0.3) is 90.9 Å². The van der Waals surface area contributed by atoms with Crippen molar-refractivity contribution in [1.29, 1.82) is 0 Å². The fourth-order valence-corrected chi connectivity index (χ4v) is 7.19. The molecule has 3 aromatic heterocycles. The molecule has 0 saturated heterocycles. The Bertz CT molecular complexity index is 2660. The monoisotopic (exact) mass is 702 g/mol. The van der Waals surface area contributed by atoms with Crippen LogP contribution in [0.4, 0.5) is 0 Å². The van der Waals surface area contributed by atoms with Crippen LogP contribution in [0.5, 0.6) is 0 Å². The standard InChI is InChI=1S/C46H30N4O4/c51-45(52)31-15-11-29(12-16-31)43-37-23-21-35(48-37)41(27-7-3-1-4-8-27)33-19-20-34(47-33)42(28-9-5-2-6-10-28)36-22-24-38(49-36)44(40-26-25-39(43)50-40)30-13-17-32(18-14-30)46(53)54/h1-26,48-49H,(H,51,52)(H,53,54). The number of nitrogens with one attached hydrogen (secondary N) is 2. The minimum absolute atomic E-state index is 0.184. The smallest absolute Gasteiger partial charge is 0.335 e. The number of rotatable bonds is 6. The predicted molar refractivity (Wildman–Crippen MR) is 215 cm³/mol. The van der Waals surface area contributed by atoms with Gasteiger partial charge in [0.05, 0.1) is 33.9 Å². The number of carboxylic acids is 2. The number of H-pyrrole nitrogens is 2. The highest BCUT2D eigenvalue weighted by Gasteiger charge is 2.19. The average molecular weight is 703 g/mol. The molecular formula is C46H30N4O4. The summed E-state index contributed by atoms with van der Waals surface area (Å²) in [7, 11) is 0. The van der Waals surface area contributed by atoms with Crippen molar-refractivity contribution >= 4 is 58.3 Å². The van der Waals surface area contributed by atoms with Gasteiger partial charge >= 0.3 is 11.9 Å². The molecule has 0 fully saturated rings. The molecule has 0 amide bonds. The van der Waals surface area contributed by atoms with Crippen molar-refractivity contribution in [1.82, 2.24) is 19.9 Å². The first kappa shape index (κ1) is 32.3. The van der Waals surface area contributed by atoms with Gasteiger partial charge in [-0.1, -0.05) is 84.9 Å². The van der Waals surface area contributed by atoms with E-state index in [2.05, 4.69) is 34.2 Å². The van der Waals surface area contributed by atoms with E-state index in [1.807, 2.05) is 85.0 Å². The van der Waals surface area contributed by atoms with Gasteiger partial charge in [-0.3, -0.25) is 0 Å². The van der Waals surface area contributed by atoms with Crippen molar-refractivity contribution in [2.75, 3.05) is 0 Å². The first-order chi connectivity index (χ1) is 26.4. The molecule has 0 atom stereocenters. The minimum atomic E-state index is -1.00. The molecule has 8 heteroatoms. The van der Waals surface area contributed by atoms with Crippen molar-refractivity contribution in [3.8, 4) is 44.5 Å². The molecule has 7 aromatic rings. The molecule has 9 rings (SSSR count). The number of nitrogens with zero attached hydrogens (tertiary/aromatic N) is 2. The maximum absolute atomic E-state index is 11.8. The Labute approximate surface area is 309 Å². The lowest BCUT2D eigenvalue weighted by Crippen LogP contribution is -1.96. The molecule has 54 heavy (non-hydrogen) atoms. The van der Waals surface area contributed by atoms with Gasteiger partial charge in [-0.2, -0.15) is 0 Å². The second kappa shape index (κ2) is 13.2. The minimum Gasteiger partial charge on any atom is -0.478 e. The second-order valence-corrected chi connectivity index (χ2v) is 13.0. The molecule has 2 aliphatic rings. The number of carbonyl (C=O) groups is 2. The van der Waals surface area contributed by atoms with Crippen LogP contribution in [0, 0.1) is 0 Å². The number of benzene rings is 4. The number of hydrogen-bond acceptors (Lipinski definition) is 4. The van der Waals surface area contributed by atoms with Gasteiger partial charge in [0.1, 0.15) is 0 Å². The number of aromatic carboxylic acids is 2. The van der Waals surface area contributed by atoms with E-state index in [1.165, 1.54) is 0 Å². The van der Waals surface area contributed by atoms with Gasteiger partial charge in [0.2, 0.25) is 0 Å². The van der Waals surface area contributed by atoms with E-state index in [1.54, 1.807) is 48.5 Å². The number of hydrogen-bond donors (Lipinski definition) is 4. The second-order valence-electron chi connectivity index (χ2n) is 13.0. The third-order valence-corrected chi connectivity index (χ3v) is 9.72. The fraction of sp³-hybridized carbons (Fsp3) is 0. The molecule has 0 aliphatic carbocycles. The van der Waals surface area contributed by atoms with Gasteiger partial charge < -0.3 is 20.2 Å². The summed E-state index contributed by atoms with van der Waals surface area (Å²) in [5.41, 5.74) is 13.6. The highest BCUT2D eigenvalue weighted by atomic mass is 16.4. The number of carboxylic acid groups (broad SMARTS) is 2. The van der Waals surface area contributed by atoms with Crippen molar-refractivity contribution in [3.05, 3.63) is 167 Å². The molecule has 8 nitrogen and oxygen atoms in total. The van der Waals surface area contributed by atoms with Gasteiger partial charge in [-0.25, -0.2) is 19.6 Å². The van der Waals surface area contributed by atoms with Crippen LogP contribution in [0.3, 0.4) is 0 Å². The van der Waals surface area contributed by atoms with Gasteiger partial charge in [-0.15, -0.1) is 0 Å². The lowest BCUT2D eigenvalue weighted by atomic mass is 10.0. The van der Waals surface area contributed by atoms with Gasteiger partial charge in [0, 0.05) is 44.3 Å². The van der Waals surface area contributed by atoms with E-state index in [9.17, 15) is 19.8 Å². The molecule has 4 N–H and O–H groups in total. The summed E-state index contributed by atoms with van der Waals surface area (Å²) in [5.74, 6) is -2.01. The van der Waals surface area contributed by atoms with Crippen LogP contribution in [0.15, 0.2) is 133 Å². The van der Waals surface area contributed by atoms with Gasteiger partial charge in [0.25, 0.3) is 0 Å². The van der Waals surface area contributed by atoms with Crippen LogP contribution in [0.2, 0.25) is 0 Å². The third kappa shape index (κ3) is 5.78. The van der Waals surface area contributed by atoms with Crippen LogP contribution < -0.4 is 0 Å². The number of aromatic amines is 2. The molecular weight excluding hydrogens is 673 g/mol. The van der Waals surface area contributed by atoms with Gasteiger partial charge in [-0.05, 0) is 95.1 Å². The fourth-order valence-electron chi connectivity index (χ4n) is 7.19. The lowest BCUT2D eigenvalue weighted by molar-refractivity contribution is 0.0686. The molecule has 0 spiro atoms. The van der Waals surface area contributed by atoms with Crippen LogP contribution in [-0.4, -0.2) is 42.1 Å². The van der Waals surface area contributed by atoms with Gasteiger partial charge in [0.15, 0.2) is 0 Å². The molecule has 0 unspecified atom stereocenters. The summed E-state index contributed by atoms with van der Waals surface area (Å²) in [6, 6.07) is 42.0. The number of aromatic nitrogens is 4. The van der Waals surface area contributed by atoms with Crippen molar-refractivity contribution in [3.63, 3.8) is 0 Å². The first-order valence-electron chi connectivity index (χ1n) is 17.4. The van der Waals surface area contributed by atoms with E-state index in [0.29, 0.717) is 11.4 Å². The Morgan fingerprint density at radius 1 is 0.370 bits per heavy atom. The van der Waals surface area contributed by atoms with E-state index in [4.69, 9.17) is 9.97 Å². The Balaban J connectivity index is 1.45. The summed E-state index contributed by atoms with van der Waals surface area (Å²) in [6.45, 7) is 0. The van der Waals surface area contributed by atoms with E-state index in [-0.39, 0.29) is 11.1 Å². The predicted octanol–water partition coefficient (Wildman–Crippen LogP) is 10.7. The van der Waals surface area contributed by atoms with Crippen molar-refractivity contribution < 1.29 is 19.8 Å².